The molecule has 1 aromatic carbocycles. The van der Waals surface area contributed by atoms with Gasteiger partial charge < -0.3 is 10.3 Å². The largest absolute Gasteiger partial charge is 0.398 e. The monoisotopic (exact) mass is 308 g/mol. The first-order valence-electron chi connectivity index (χ1n) is 6.64. The Labute approximate surface area is 125 Å². The average molecular weight is 308 g/mol. The first-order chi connectivity index (χ1) is 9.79. The van der Waals surface area contributed by atoms with Crippen LogP contribution in [0.4, 0.5) is 5.69 Å². The van der Waals surface area contributed by atoms with E-state index in [1.807, 2.05) is 18.4 Å². The number of sulfonamides is 1. The summed E-state index contributed by atoms with van der Waals surface area (Å²) in [5.74, 6) is 0. The highest BCUT2D eigenvalue weighted by Gasteiger charge is 2.21. The van der Waals surface area contributed by atoms with Gasteiger partial charge in [0.05, 0.1) is 12.0 Å². The average Bonchev–Trinajstić information content (AvgIpc) is 2.85. The van der Waals surface area contributed by atoms with Crippen molar-refractivity contribution in [3.8, 4) is 0 Å². The summed E-state index contributed by atoms with van der Waals surface area (Å²) in [7, 11) is -3.64. The van der Waals surface area contributed by atoms with Gasteiger partial charge >= 0.3 is 0 Å². The molecule has 6 nitrogen and oxygen atoms in total. The van der Waals surface area contributed by atoms with E-state index in [2.05, 4.69) is 9.71 Å². The van der Waals surface area contributed by atoms with Crippen molar-refractivity contribution >= 4 is 15.7 Å². The van der Waals surface area contributed by atoms with Crippen LogP contribution < -0.4 is 10.5 Å². The molecule has 0 aliphatic carbocycles. The lowest BCUT2D eigenvalue weighted by Gasteiger charge is -2.16. The zero-order chi connectivity index (χ0) is 15.6. The van der Waals surface area contributed by atoms with E-state index in [4.69, 9.17) is 5.73 Å². The number of nitrogens with zero attached hydrogens (tertiary/aromatic N) is 2. The molecule has 3 N–H and O–H groups in total. The summed E-state index contributed by atoms with van der Waals surface area (Å²) >= 11 is 0. The Bertz CT molecular complexity index is 724. The van der Waals surface area contributed by atoms with Gasteiger partial charge in [-0.2, -0.15) is 0 Å². The summed E-state index contributed by atoms with van der Waals surface area (Å²) in [4.78, 5) is 4.06. The van der Waals surface area contributed by atoms with Gasteiger partial charge in [-0.05, 0) is 44.0 Å². The Kier molecular flexibility index (Phi) is 4.34. The van der Waals surface area contributed by atoms with Gasteiger partial charge in [-0.3, -0.25) is 0 Å². The zero-order valence-electron chi connectivity index (χ0n) is 12.4. The topological polar surface area (TPSA) is 90.0 Å². The molecule has 0 radical (unpaired) electrons. The van der Waals surface area contributed by atoms with E-state index in [0.717, 1.165) is 11.1 Å². The van der Waals surface area contributed by atoms with Crippen molar-refractivity contribution in [1.29, 1.82) is 0 Å². The third-order valence-electron chi connectivity index (χ3n) is 3.32. The van der Waals surface area contributed by atoms with E-state index in [1.165, 1.54) is 0 Å². The molecule has 0 saturated carbocycles. The summed E-state index contributed by atoms with van der Waals surface area (Å²) in [6.07, 6.45) is 5.09. The van der Waals surface area contributed by atoms with Crippen LogP contribution in [0.25, 0.3) is 0 Å². The number of anilines is 1. The number of hydrogen-bond acceptors (Lipinski definition) is 4. The number of nitrogens with two attached hydrogens (primary N) is 1. The fourth-order valence-electron chi connectivity index (χ4n) is 2.12. The maximum Gasteiger partial charge on any atom is 0.242 e. The first-order valence-corrected chi connectivity index (χ1v) is 8.12. The first kappa shape index (κ1) is 15.5. The molecule has 1 unspecified atom stereocenters. The molecule has 21 heavy (non-hydrogen) atoms. The van der Waals surface area contributed by atoms with E-state index in [1.54, 1.807) is 37.8 Å². The Morgan fingerprint density at radius 1 is 1.33 bits per heavy atom. The molecule has 1 heterocycles. The molecule has 114 valence electrons. The highest BCUT2D eigenvalue weighted by Crippen LogP contribution is 2.22. The van der Waals surface area contributed by atoms with Crippen molar-refractivity contribution in [2.75, 3.05) is 5.73 Å². The molecular formula is C14H20N4O2S. The lowest BCUT2D eigenvalue weighted by molar-refractivity contribution is 0.520. The van der Waals surface area contributed by atoms with E-state index in [9.17, 15) is 8.42 Å². The van der Waals surface area contributed by atoms with Gasteiger partial charge in [0.25, 0.3) is 0 Å². The van der Waals surface area contributed by atoms with E-state index >= 15 is 0 Å². The van der Waals surface area contributed by atoms with Crippen LogP contribution in [0.1, 0.15) is 18.1 Å². The second-order valence-electron chi connectivity index (χ2n) is 5.26. The third-order valence-corrected chi connectivity index (χ3v) is 4.96. The Morgan fingerprint density at radius 2 is 2.00 bits per heavy atom. The fraction of sp³-hybridized carbons (Fsp3) is 0.357. The van der Waals surface area contributed by atoms with E-state index in [-0.39, 0.29) is 16.6 Å². The summed E-state index contributed by atoms with van der Waals surface area (Å²) in [6.45, 7) is 6.07. The second-order valence-corrected chi connectivity index (χ2v) is 6.94. The van der Waals surface area contributed by atoms with Gasteiger partial charge in [0.1, 0.15) is 4.90 Å². The molecular weight excluding hydrogens is 288 g/mol. The summed E-state index contributed by atoms with van der Waals surface area (Å²) < 4.78 is 29.3. The quantitative estimate of drug-likeness (QED) is 0.818. The molecule has 0 fully saturated rings. The van der Waals surface area contributed by atoms with Crippen LogP contribution in [0.15, 0.2) is 35.7 Å². The lowest BCUT2D eigenvalue weighted by Crippen LogP contribution is -2.35. The number of nitrogens with one attached hydrogen (secondary N) is 1. The van der Waals surface area contributed by atoms with Crippen molar-refractivity contribution in [1.82, 2.24) is 14.3 Å². The second kappa shape index (κ2) is 5.87. The maximum atomic E-state index is 12.4. The van der Waals surface area contributed by atoms with Gasteiger partial charge in [0.15, 0.2) is 0 Å². The molecule has 1 atom stereocenters. The molecule has 1 aromatic heterocycles. The maximum absolute atomic E-state index is 12.4. The van der Waals surface area contributed by atoms with Gasteiger partial charge in [-0.15, -0.1) is 0 Å². The van der Waals surface area contributed by atoms with Crippen molar-refractivity contribution in [2.45, 2.75) is 38.3 Å². The predicted octanol–water partition coefficient (Wildman–Crippen LogP) is 1.45. The Morgan fingerprint density at radius 3 is 2.62 bits per heavy atom. The van der Waals surface area contributed by atoms with Crippen molar-refractivity contribution in [3.63, 3.8) is 0 Å². The van der Waals surface area contributed by atoms with Crippen LogP contribution in [-0.4, -0.2) is 24.0 Å². The lowest BCUT2D eigenvalue weighted by atomic mass is 10.1. The number of nitrogen functional groups attached to an aromatic ring is 1. The SMILES string of the molecule is Cc1cc(N)c(S(=O)(=O)NC(C)Cn2ccnc2)cc1C. The third kappa shape index (κ3) is 3.62. The van der Waals surface area contributed by atoms with Crippen LogP contribution in [0.5, 0.6) is 0 Å². The van der Waals surface area contributed by atoms with Crippen molar-refractivity contribution in [2.24, 2.45) is 0 Å². The minimum Gasteiger partial charge on any atom is -0.398 e. The highest BCUT2D eigenvalue weighted by molar-refractivity contribution is 7.89. The van der Waals surface area contributed by atoms with E-state index < -0.39 is 10.0 Å². The minimum atomic E-state index is -3.64. The molecule has 2 aromatic rings. The van der Waals surface area contributed by atoms with Crippen LogP contribution in [0.2, 0.25) is 0 Å². The van der Waals surface area contributed by atoms with Crippen LogP contribution in [-0.2, 0) is 16.6 Å². The van der Waals surface area contributed by atoms with Crippen molar-refractivity contribution < 1.29 is 8.42 Å². The molecule has 7 heteroatoms. The number of aromatic nitrogens is 2. The molecule has 0 spiro atoms. The Balaban J connectivity index is 2.20. The van der Waals surface area contributed by atoms with Crippen molar-refractivity contribution in [3.05, 3.63) is 42.0 Å². The zero-order valence-corrected chi connectivity index (χ0v) is 13.2. The van der Waals surface area contributed by atoms with E-state index in [0.29, 0.717) is 6.54 Å². The number of aryl methyl sites for hydroxylation is 2. The normalized spacial score (nSPS) is 13.3. The summed E-state index contributed by atoms with van der Waals surface area (Å²) in [6, 6.07) is 3.02. The molecule has 0 saturated heterocycles. The van der Waals surface area contributed by atoms with Crippen LogP contribution >= 0.6 is 0 Å². The smallest absolute Gasteiger partial charge is 0.242 e. The summed E-state index contributed by atoms with van der Waals surface area (Å²) in [5, 5.41) is 0. The van der Waals surface area contributed by atoms with Gasteiger partial charge in [0, 0.05) is 25.0 Å². The molecule has 0 bridgehead atoms. The molecule has 2 rings (SSSR count). The highest BCUT2D eigenvalue weighted by atomic mass is 32.2. The van der Waals surface area contributed by atoms with Gasteiger partial charge in [-0.1, -0.05) is 0 Å². The predicted molar refractivity (Wildman–Crippen MR) is 82.3 cm³/mol. The standard InChI is InChI=1S/C14H20N4O2S/c1-10-6-13(15)14(7-11(10)2)21(19,20)17-12(3)8-18-5-4-16-9-18/h4-7,9,12,17H,8,15H2,1-3H3. The molecule has 0 aliphatic heterocycles. The summed E-state index contributed by atoms with van der Waals surface area (Å²) in [5.41, 5.74) is 7.98. The fourth-order valence-corrected chi connectivity index (χ4v) is 3.55. The number of benzene rings is 1. The Hall–Kier alpha value is -1.86. The number of imidazole rings is 1. The van der Waals surface area contributed by atoms with Gasteiger partial charge in [-0.25, -0.2) is 18.1 Å². The molecule has 0 amide bonds. The van der Waals surface area contributed by atoms with Crippen LogP contribution in [0.3, 0.4) is 0 Å². The van der Waals surface area contributed by atoms with Gasteiger partial charge in [0.2, 0.25) is 10.0 Å². The number of hydrogen-bond donors (Lipinski definition) is 2. The number of rotatable bonds is 5. The van der Waals surface area contributed by atoms with Crippen LogP contribution in [0, 0.1) is 13.8 Å². The minimum absolute atomic E-state index is 0.128. The molecule has 0 aliphatic rings.